The van der Waals surface area contributed by atoms with Crippen molar-refractivity contribution in [2.75, 3.05) is 14.1 Å². The molecular weight excluding hydrogens is 240 g/mol. The summed E-state index contributed by atoms with van der Waals surface area (Å²) in [6, 6.07) is 6.22. The van der Waals surface area contributed by atoms with E-state index in [0.29, 0.717) is 0 Å². The molecule has 5 nitrogen and oxygen atoms in total. The van der Waals surface area contributed by atoms with Crippen LogP contribution in [0.1, 0.15) is 31.9 Å². The van der Waals surface area contributed by atoms with Gasteiger partial charge in [-0.05, 0) is 52.1 Å². The quantitative estimate of drug-likeness (QED) is 0.783. The molecule has 0 fully saturated rings. The van der Waals surface area contributed by atoms with Gasteiger partial charge < -0.3 is 20.6 Å². The number of fused-ring (bicyclic) bond motifs is 1. The molecule has 5 heteroatoms. The van der Waals surface area contributed by atoms with Crippen molar-refractivity contribution in [1.29, 1.82) is 0 Å². The van der Waals surface area contributed by atoms with E-state index >= 15 is 0 Å². The first-order valence-corrected chi connectivity index (χ1v) is 6.43. The maximum absolute atomic E-state index is 11.3. The van der Waals surface area contributed by atoms with Crippen LogP contribution in [0.15, 0.2) is 23.0 Å². The number of nitrogens with two attached hydrogens (primary N) is 1. The summed E-state index contributed by atoms with van der Waals surface area (Å²) in [4.78, 5) is 19.0. The fourth-order valence-electron chi connectivity index (χ4n) is 2.35. The number of hydrogen-bond acceptors (Lipinski definition) is 3. The molecule has 1 unspecified atom stereocenters. The van der Waals surface area contributed by atoms with E-state index in [0.717, 1.165) is 23.0 Å². The lowest BCUT2D eigenvalue weighted by Gasteiger charge is -2.31. The van der Waals surface area contributed by atoms with Gasteiger partial charge in [0.15, 0.2) is 0 Å². The summed E-state index contributed by atoms with van der Waals surface area (Å²) in [7, 11) is 4.08. The van der Waals surface area contributed by atoms with Crippen LogP contribution in [0.3, 0.4) is 0 Å². The van der Waals surface area contributed by atoms with Crippen LogP contribution in [0.2, 0.25) is 0 Å². The van der Waals surface area contributed by atoms with Gasteiger partial charge >= 0.3 is 5.69 Å². The van der Waals surface area contributed by atoms with Crippen LogP contribution in [0.4, 0.5) is 0 Å². The molecule has 1 heterocycles. The molecule has 0 amide bonds. The third-order valence-electron chi connectivity index (χ3n) is 3.27. The molecular formula is C14H22N4O. The Balaban J connectivity index is 2.41. The van der Waals surface area contributed by atoms with Crippen LogP contribution in [0.5, 0.6) is 0 Å². The van der Waals surface area contributed by atoms with Gasteiger partial charge in [-0.15, -0.1) is 0 Å². The van der Waals surface area contributed by atoms with Crippen molar-refractivity contribution in [1.82, 2.24) is 14.9 Å². The summed E-state index contributed by atoms with van der Waals surface area (Å²) in [6.07, 6.45) is 0.847. The second-order valence-corrected chi connectivity index (χ2v) is 6.06. The Bertz CT molecular complexity index is 618. The number of aromatic nitrogens is 2. The van der Waals surface area contributed by atoms with Crippen LogP contribution in [0, 0.1) is 0 Å². The molecule has 0 aliphatic heterocycles. The molecule has 4 N–H and O–H groups in total. The SMILES string of the molecule is CN(C)C(CC(C)(C)N)c1ccc2[nH]c(=O)[nH]c2c1. The van der Waals surface area contributed by atoms with Crippen molar-refractivity contribution in [3.05, 3.63) is 34.2 Å². The van der Waals surface area contributed by atoms with E-state index in [9.17, 15) is 4.79 Å². The zero-order valence-corrected chi connectivity index (χ0v) is 11.9. The largest absolute Gasteiger partial charge is 0.325 e. The molecule has 0 spiro atoms. The molecule has 19 heavy (non-hydrogen) atoms. The molecule has 0 bridgehead atoms. The van der Waals surface area contributed by atoms with Crippen molar-refractivity contribution < 1.29 is 0 Å². The number of rotatable bonds is 4. The third kappa shape index (κ3) is 3.24. The number of benzene rings is 1. The molecule has 0 radical (unpaired) electrons. The second-order valence-electron chi connectivity index (χ2n) is 6.06. The van der Waals surface area contributed by atoms with Gasteiger partial charge in [0.25, 0.3) is 0 Å². The Morgan fingerprint density at radius 2 is 1.89 bits per heavy atom. The van der Waals surface area contributed by atoms with E-state index in [2.05, 4.69) is 14.9 Å². The maximum Gasteiger partial charge on any atom is 0.323 e. The van der Waals surface area contributed by atoms with Gasteiger partial charge in [0.05, 0.1) is 11.0 Å². The Kier molecular flexibility index (Phi) is 3.52. The van der Waals surface area contributed by atoms with Crippen molar-refractivity contribution in [2.24, 2.45) is 5.73 Å². The highest BCUT2D eigenvalue weighted by Crippen LogP contribution is 2.28. The van der Waals surface area contributed by atoms with Crippen molar-refractivity contribution >= 4 is 11.0 Å². The van der Waals surface area contributed by atoms with E-state index < -0.39 is 0 Å². The molecule has 2 aromatic rings. The summed E-state index contributed by atoms with van der Waals surface area (Å²) in [5.41, 5.74) is 8.55. The Labute approximate surface area is 112 Å². The minimum absolute atomic E-state index is 0.173. The fourth-order valence-corrected chi connectivity index (χ4v) is 2.35. The smallest absolute Gasteiger partial charge is 0.323 e. The van der Waals surface area contributed by atoms with E-state index in [4.69, 9.17) is 5.73 Å². The lowest BCUT2D eigenvalue weighted by atomic mass is 9.91. The lowest BCUT2D eigenvalue weighted by molar-refractivity contribution is 0.243. The molecule has 1 atom stereocenters. The van der Waals surface area contributed by atoms with E-state index in [1.807, 2.05) is 46.1 Å². The monoisotopic (exact) mass is 262 g/mol. The van der Waals surface area contributed by atoms with Crippen LogP contribution < -0.4 is 11.4 Å². The van der Waals surface area contributed by atoms with Crippen molar-refractivity contribution in [3.63, 3.8) is 0 Å². The number of nitrogens with one attached hydrogen (secondary N) is 2. The molecule has 1 aromatic heterocycles. The van der Waals surface area contributed by atoms with Gasteiger partial charge in [-0.2, -0.15) is 0 Å². The van der Waals surface area contributed by atoms with Gasteiger partial charge in [-0.25, -0.2) is 4.79 Å². The van der Waals surface area contributed by atoms with Gasteiger partial charge in [0.2, 0.25) is 0 Å². The molecule has 0 saturated carbocycles. The van der Waals surface area contributed by atoms with Crippen LogP contribution in [0.25, 0.3) is 11.0 Å². The van der Waals surface area contributed by atoms with Gasteiger partial charge in [-0.1, -0.05) is 6.07 Å². The highest BCUT2D eigenvalue weighted by atomic mass is 16.1. The number of imidazole rings is 1. The lowest BCUT2D eigenvalue weighted by Crippen LogP contribution is -2.37. The second kappa shape index (κ2) is 4.83. The molecule has 0 aliphatic rings. The average molecular weight is 262 g/mol. The number of hydrogen-bond donors (Lipinski definition) is 3. The number of nitrogens with zero attached hydrogens (tertiary/aromatic N) is 1. The van der Waals surface area contributed by atoms with Gasteiger partial charge in [-0.3, -0.25) is 0 Å². The van der Waals surface area contributed by atoms with E-state index in [-0.39, 0.29) is 17.3 Å². The van der Waals surface area contributed by atoms with Crippen molar-refractivity contribution in [3.8, 4) is 0 Å². The van der Waals surface area contributed by atoms with Crippen LogP contribution in [-0.4, -0.2) is 34.5 Å². The van der Waals surface area contributed by atoms with Crippen molar-refractivity contribution in [2.45, 2.75) is 31.8 Å². The van der Waals surface area contributed by atoms with Crippen LogP contribution >= 0.6 is 0 Å². The first-order valence-electron chi connectivity index (χ1n) is 6.43. The highest BCUT2D eigenvalue weighted by molar-refractivity contribution is 5.75. The average Bonchev–Trinajstić information content (AvgIpc) is 2.63. The minimum Gasteiger partial charge on any atom is -0.325 e. The highest BCUT2D eigenvalue weighted by Gasteiger charge is 2.22. The van der Waals surface area contributed by atoms with Gasteiger partial charge in [0, 0.05) is 11.6 Å². The Morgan fingerprint density at radius 1 is 1.26 bits per heavy atom. The minimum atomic E-state index is -0.241. The number of aromatic amines is 2. The third-order valence-corrected chi connectivity index (χ3v) is 3.27. The van der Waals surface area contributed by atoms with E-state index in [1.165, 1.54) is 0 Å². The summed E-state index contributed by atoms with van der Waals surface area (Å²) < 4.78 is 0. The Hall–Kier alpha value is -1.59. The summed E-state index contributed by atoms with van der Waals surface area (Å²) in [6.45, 7) is 4.06. The maximum atomic E-state index is 11.3. The molecule has 0 aliphatic carbocycles. The summed E-state index contributed by atoms with van der Waals surface area (Å²) in [5.74, 6) is 0. The topological polar surface area (TPSA) is 77.9 Å². The summed E-state index contributed by atoms with van der Waals surface area (Å²) in [5, 5.41) is 0. The summed E-state index contributed by atoms with van der Waals surface area (Å²) >= 11 is 0. The van der Waals surface area contributed by atoms with Crippen LogP contribution in [-0.2, 0) is 0 Å². The number of H-pyrrole nitrogens is 2. The predicted octanol–water partition coefficient (Wildman–Crippen LogP) is 1.59. The van der Waals surface area contributed by atoms with Gasteiger partial charge in [0.1, 0.15) is 0 Å². The molecule has 2 rings (SSSR count). The Morgan fingerprint density at radius 3 is 2.47 bits per heavy atom. The predicted molar refractivity (Wildman–Crippen MR) is 78.2 cm³/mol. The first-order chi connectivity index (χ1) is 8.76. The zero-order chi connectivity index (χ0) is 14.2. The zero-order valence-electron chi connectivity index (χ0n) is 11.9. The molecule has 1 aromatic carbocycles. The first kappa shape index (κ1) is 13.8. The fraction of sp³-hybridized carbons (Fsp3) is 0.500. The molecule has 0 saturated heterocycles. The molecule has 104 valence electrons. The van der Waals surface area contributed by atoms with E-state index in [1.54, 1.807) is 0 Å². The normalized spacial score (nSPS) is 14.2. The standard InChI is InChI=1S/C14H22N4O/c1-14(2,15)8-12(18(3)4)9-5-6-10-11(7-9)17-13(19)16-10/h5-7,12H,8,15H2,1-4H3,(H2,16,17,19).